The van der Waals surface area contributed by atoms with Gasteiger partial charge in [0.15, 0.2) is 11.5 Å². The van der Waals surface area contributed by atoms with Crippen molar-refractivity contribution in [1.82, 2.24) is 5.32 Å². The highest BCUT2D eigenvalue weighted by Gasteiger charge is 2.21. The molecule has 1 aromatic carbocycles. The van der Waals surface area contributed by atoms with Crippen LogP contribution in [-0.4, -0.2) is 21.3 Å². The standard InChI is InChI=1S/C18H23NO3S/c1-20-15-9-12(10-16(21-2)18(15)22-3)11-19-14-5-4-6-17-13(14)7-8-23-17/h7-10,14,19H,4-6,11H2,1-3H3. The lowest BCUT2D eigenvalue weighted by molar-refractivity contribution is 0.323. The summed E-state index contributed by atoms with van der Waals surface area (Å²) in [6, 6.07) is 6.70. The van der Waals surface area contributed by atoms with Gasteiger partial charge in [0, 0.05) is 17.5 Å². The van der Waals surface area contributed by atoms with Gasteiger partial charge in [-0.2, -0.15) is 0 Å². The van der Waals surface area contributed by atoms with Gasteiger partial charge in [-0.15, -0.1) is 11.3 Å². The summed E-state index contributed by atoms with van der Waals surface area (Å²) in [4.78, 5) is 1.53. The number of fused-ring (bicyclic) bond motifs is 1. The summed E-state index contributed by atoms with van der Waals surface area (Å²) in [7, 11) is 4.92. The van der Waals surface area contributed by atoms with E-state index in [0.29, 0.717) is 23.3 Å². The van der Waals surface area contributed by atoms with Gasteiger partial charge in [0.05, 0.1) is 21.3 Å². The van der Waals surface area contributed by atoms with Gasteiger partial charge in [-0.1, -0.05) is 0 Å². The molecule has 1 atom stereocenters. The number of hydrogen-bond donors (Lipinski definition) is 1. The van der Waals surface area contributed by atoms with Crippen LogP contribution in [-0.2, 0) is 13.0 Å². The molecule has 4 nitrogen and oxygen atoms in total. The molecule has 2 aromatic rings. The Labute approximate surface area is 141 Å². The molecule has 0 amide bonds. The Kier molecular flexibility index (Phi) is 5.08. The fraction of sp³-hybridized carbons (Fsp3) is 0.444. The molecule has 1 N–H and O–H groups in total. The van der Waals surface area contributed by atoms with Crippen molar-refractivity contribution in [2.24, 2.45) is 0 Å². The minimum absolute atomic E-state index is 0.434. The maximum absolute atomic E-state index is 5.42. The van der Waals surface area contributed by atoms with Gasteiger partial charge in [-0.3, -0.25) is 0 Å². The molecule has 1 unspecified atom stereocenters. The SMILES string of the molecule is COc1cc(CNC2CCCc3sccc32)cc(OC)c1OC. The fourth-order valence-corrected chi connectivity index (χ4v) is 4.16. The molecule has 1 aliphatic carbocycles. The van der Waals surface area contributed by atoms with E-state index in [1.807, 2.05) is 23.5 Å². The Hall–Kier alpha value is -1.72. The van der Waals surface area contributed by atoms with E-state index in [-0.39, 0.29) is 0 Å². The van der Waals surface area contributed by atoms with Gasteiger partial charge in [0.25, 0.3) is 0 Å². The lowest BCUT2D eigenvalue weighted by atomic mass is 9.94. The molecule has 0 spiro atoms. The zero-order chi connectivity index (χ0) is 16.2. The molecule has 23 heavy (non-hydrogen) atoms. The van der Waals surface area contributed by atoms with E-state index >= 15 is 0 Å². The second-order valence-electron chi connectivity index (χ2n) is 5.66. The molecule has 124 valence electrons. The Morgan fingerprint density at radius 1 is 1.13 bits per heavy atom. The maximum atomic E-state index is 5.42. The van der Waals surface area contributed by atoms with Crippen LogP contribution in [0.25, 0.3) is 0 Å². The Bertz CT molecular complexity index is 643. The maximum Gasteiger partial charge on any atom is 0.203 e. The summed E-state index contributed by atoms with van der Waals surface area (Å²) < 4.78 is 16.2. The number of ether oxygens (including phenoxy) is 3. The quantitative estimate of drug-likeness (QED) is 0.869. The number of thiophene rings is 1. The van der Waals surface area contributed by atoms with E-state index in [4.69, 9.17) is 14.2 Å². The van der Waals surface area contributed by atoms with Crippen LogP contribution < -0.4 is 19.5 Å². The molecular formula is C18H23NO3S. The fourth-order valence-electron chi connectivity index (χ4n) is 3.18. The number of hydrogen-bond acceptors (Lipinski definition) is 5. The zero-order valence-corrected chi connectivity index (χ0v) is 14.7. The summed E-state index contributed by atoms with van der Waals surface area (Å²) in [5.41, 5.74) is 2.59. The van der Waals surface area contributed by atoms with Crippen LogP contribution in [0, 0.1) is 0 Å². The van der Waals surface area contributed by atoms with Crippen LogP contribution in [0.2, 0.25) is 0 Å². The molecule has 0 bridgehead atoms. The van der Waals surface area contributed by atoms with Crippen molar-refractivity contribution in [1.29, 1.82) is 0 Å². The van der Waals surface area contributed by atoms with E-state index < -0.39 is 0 Å². The molecule has 0 saturated heterocycles. The number of methoxy groups -OCH3 is 3. The van der Waals surface area contributed by atoms with Crippen molar-refractivity contribution in [3.8, 4) is 17.2 Å². The molecule has 0 radical (unpaired) electrons. The van der Waals surface area contributed by atoms with Crippen molar-refractivity contribution in [2.45, 2.75) is 31.8 Å². The summed E-state index contributed by atoms with van der Waals surface area (Å²) in [6.45, 7) is 0.774. The molecule has 0 fully saturated rings. The molecule has 1 heterocycles. The van der Waals surface area contributed by atoms with Gasteiger partial charge >= 0.3 is 0 Å². The minimum atomic E-state index is 0.434. The third-order valence-corrected chi connectivity index (χ3v) is 5.33. The molecule has 1 aromatic heterocycles. The highest BCUT2D eigenvalue weighted by Crippen LogP contribution is 2.39. The topological polar surface area (TPSA) is 39.7 Å². The molecule has 0 saturated carbocycles. The minimum Gasteiger partial charge on any atom is -0.493 e. The molecule has 3 rings (SSSR count). The van der Waals surface area contributed by atoms with Crippen molar-refractivity contribution < 1.29 is 14.2 Å². The number of benzene rings is 1. The van der Waals surface area contributed by atoms with E-state index in [2.05, 4.69) is 16.8 Å². The van der Waals surface area contributed by atoms with E-state index in [1.165, 1.54) is 29.7 Å². The van der Waals surface area contributed by atoms with E-state index in [1.54, 1.807) is 21.3 Å². The highest BCUT2D eigenvalue weighted by atomic mass is 32.1. The number of aryl methyl sites for hydroxylation is 1. The van der Waals surface area contributed by atoms with Crippen LogP contribution in [0.15, 0.2) is 23.6 Å². The van der Waals surface area contributed by atoms with Crippen LogP contribution in [0.5, 0.6) is 17.2 Å². The first kappa shape index (κ1) is 16.1. The van der Waals surface area contributed by atoms with Crippen molar-refractivity contribution >= 4 is 11.3 Å². The molecule has 1 aliphatic rings. The van der Waals surface area contributed by atoms with Crippen molar-refractivity contribution in [3.63, 3.8) is 0 Å². The highest BCUT2D eigenvalue weighted by molar-refractivity contribution is 7.10. The predicted molar refractivity (Wildman–Crippen MR) is 92.9 cm³/mol. The van der Waals surface area contributed by atoms with Gasteiger partial charge < -0.3 is 19.5 Å². The van der Waals surface area contributed by atoms with Gasteiger partial charge in [0.1, 0.15) is 0 Å². The first-order valence-corrected chi connectivity index (χ1v) is 8.73. The first-order valence-electron chi connectivity index (χ1n) is 7.85. The zero-order valence-electron chi connectivity index (χ0n) is 13.8. The largest absolute Gasteiger partial charge is 0.493 e. The lowest BCUT2D eigenvalue weighted by Gasteiger charge is -2.24. The molecule has 0 aliphatic heterocycles. The van der Waals surface area contributed by atoms with Crippen molar-refractivity contribution in [3.05, 3.63) is 39.6 Å². The lowest BCUT2D eigenvalue weighted by Crippen LogP contribution is -2.23. The average molecular weight is 333 g/mol. The predicted octanol–water partition coefficient (Wildman–Crippen LogP) is 3.94. The van der Waals surface area contributed by atoms with Gasteiger partial charge in [-0.05, 0) is 54.0 Å². The Morgan fingerprint density at radius 3 is 2.52 bits per heavy atom. The monoisotopic (exact) mass is 333 g/mol. The number of nitrogens with one attached hydrogen (secondary N) is 1. The van der Waals surface area contributed by atoms with Crippen molar-refractivity contribution in [2.75, 3.05) is 21.3 Å². The molecular weight excluding hydrogens is 310 g/mol. The summed E-state index contributed by atoms with van der Waals surface area (Å²) in [5, 5.41) is 5.87. The van der Waals surface area contributed by atoms with Crippen LogP contribution in [0.4, 0.5) is 0 Å². The Morgan fingerprint density at radius 2 is 1.87 bits per heavy atom. The van der Waals surface area contributed by atoms with Gasteiger partial charge in [-0.25, -0.2) is 0 Å². The average Bonchev–Trinajstić information content (AvgIpc) is 3.08. The Balaban J connectivity index is 1.76. The normalized spacial score (nSPS) is 16.7. The van der Waals surface area contributed by atoms with Crippen LogP contribution in [0.1, 0.15) is 34.9 Å². The van der Waals surface area contributed by atoms with Crippen LogP contribution >= 0.6 is 11.3 Å². The number of rotatable bonds is 6. The summed E-state index contributed by atoms with van der Waals surface area (Å²) in [6.07, 6.45) is 3.66. The van der Waals surface area contributed by atoms with Gasteiger partial charge in [0.2, 0.25) is 5.75 Å². The molecule has 5 heteroatoms. The van der Waals surface area contributed by atoms with E-state index in [0.717, 1.165) is 12.1 Å². The summed E-state index contributed by atoms with van der Waals surface area (Å²) >= 11 is 1.87. The van der Waals surface area contributed by atoms with Crippen LogP contribution in [0.3, 0.4) is 0 Å². The third kappa shape index (κ3) is 3.31. The third-order valence-electron chi connectivity index (χ3n) is 4.33. The first-order chi connectivity index (χ1) is 11.3. The second-order valence-corrected chi connectivity index (χ2v) is 6.66. The smallest absolute Gasteiger partial charge is 0.203 e. The second kappa shape index (κ2) is 7.23. The van der Waals surface area contributed by atoms with E-state index in [9.17, 15) is 0 Å². The summed E-state index contributed by atoms with van der Waals surface area (Å²) in [5.74, 6) is 2.03.